The molecule has 1 amide bonds. The zero-order valence-corrected chi connectivity index (χ0v) is 9.02. The van der Waals surface area contributed by atoms with Gasteiger partial charge in [-0.1, -0.05) is 12.1 Å². The molecule has 0 fully saturated rings. The molecule has 0 aliphatic rings. The van der Waals surface area contributed by atoms with Crippen LogP contribution in [0, 0.1) is 11.3 Å². The molecule has 1 aromatic rings. The highest BCUT2D eigenvalue weighted by molar-refractivity contribution is 5.65. The van der Waals surface area contributed by atoms with Crippen LogP contribution >= 0.6 is 0 Å². The molecular formula is C11H12N2O3. The first kappa shape index (κ1) is 11.9. The first-order chi connectivity index (χ1) is 7.60. The van der Waals surface area contributed by atoms with Crippen LogP contribution in [-0.2, 0) is 0 Å². The summed E-state index contributed by atoms with van der Waals surface area (Å²) in [5.41, 5.74) is 1.03. The number of amides is 1. The standard InChI is InChI=1S/C11H12N2O3/c1-7(13-11(14)15)9-5-3-4-8(6-12)10(9)16-2/h3-5,7,13H,1-2H3,(H,14,15). The molecule has 0 aliphatic heterocycles. The third kappa shape index (κ3) is 2.42. The van der Waals surface area contributed by atoms with E-state index >= 15 is 0 Å². The van der Waals surface area contributed by atoms with Gasteiger partial charge in [-0.05, 0) is 13.0 Å². The predicted octanol–water partition coefficient (Wildman–Crippen LogP) is 1.90. The number of carbonyl (C=O) groups is 1. The second-order valence-corrected chi connectivity index (χ2v) is 3.21. The minimum atomic E-state index is -1.11. The van der Waals surface area contributed by atoms with Gasteiger partial charge >= 0.3 is 6.09 Å². The Hall–Kier alpha value is -2.22. The van der Waals surface area contributed by atoms with E-state index in [1.54, 1.807) is 25.1 Å². The van der Waals surface area contributed by atoms with Gasteiger partial charge in [0.2, 0.25) is 0 Å². The number of rotatable bonds is 3. The van der Waals surface area contributed by atoms with Crippen LogP contribution in [0.15, 0.2) is 18.2 Å². The fraction of sp³-hybridized carbons (Fsp3) is 0.273. The van der Waals surface area contributed by atoms with E-state index in [9.17, 15) is 4.79 Å². The topological polar surface area (TPSA) is 82.3 Å². The van der Waals surface area contributed by atoms with E-state index < -0.39 is 12.1 Å². The molecule has 0 radical (unpaired) electrons. The van der Waals surface area contributed by atoms with Gasteiger partial charge < -0.3 is 15.2 Å². The summed E-state index contributed by atoms with van der Waals surface area (Å²) in [5, 5.41) is 19.8. The first-order valence-corrected chi connectivity index (χ1v) is 4.66. The maximum Gasteiger partial charge on any atom is 0.405 e. The largest absolute Gasteiger partial charge is 0.495 e. The Labute approximate surface area is 93.3 Å². The maximum atomic E-state index is 10.5. The van der Waals surface area contributed by atoms with Crippen molar-refractivity contribution in [3.63, 3.8) is 0 Å². The highest BCUT2D eigenvalue weighted by Crippen LogP contribution is 2.28. The molecule has 1 aromatic carbocycles. The van der Waals surface area contributed by atoms with Crippen LogP contribution < -0.4 is 10.1 Å². The van der Waals surface area contributed by atoms with Crippen molar-refractivity contribution < 1.29 is 14.6 Å². The summed E-state index contributed by atoms with van der Waals surface area (Å²) in [6.07, 6.45) is -1.11. The van der Waals surface area contributed by atoms with Gasteiger partial charge in [-0.2, -0.15) is 5.26 Å². The van der Waals surface area contributed by atoms with Crippen LogP contribution in [0.25, 0.3) is 0 Å². The van der Waals surface area contributed by atoms with Crippen molar-refractivity contribution in [1.29, 1.82) is 5.26 Å². The summed E-state index contributed by atoms with van der Waals surface area (Å²) in [4.78, 5) is 10.5. The molecule has 0 aromatic heterocycles. The fourth-order valence-electron chi connectivity index (χ4n) is 1.47. The van der Waals surface area contributed by atoms with Crippen molar-refractivity contribution >= 4 is 6.09 Å². The number of nitrogens with zero attached hydrogens (tertiary/aromatic N) is 1. The molecule has 0 aliphatic carbocycles. The monoisotopic (exact) mass is 220 g/mol. The van der Waals surface area contributed by atoms with Gasteiger partial charge in [0.25, 0.3) is 0 Å². The Balaban J connectivity index is 3.13. The molecule has 0 bridgehead atoms. The van der Waals surface area contributed by atoms with Crippen molar-refractivity contribution in [2.75, 3.05) is 7.11 Å². The Morgan fingerprint density at radius 3 is 2.81 bits per heavy atom. The van der Waals surface area contributed by atoms with E-state index in [0.717, 1.165) is 0 Å². The average molecular weight is 220 g/mol. The van der Waals surface area contributed by atoms with E-state index in [4.69, 9.17) is 15.1 Å². The van der Waals surface area contributed by atoms with Crippen molar-refractivity contribution in [3.05, 3.63) is 29.3 Å². The summed E-state index contributed by atoms with van der Waals surface area (Å²) >= 11 is 0. The van der Waals surface area contributed by atoms with E-state index in [2.05, 4.69) is 5.32 Å². The molecular weight excluding hydrogens is 208 g/mol. The van der Waals surface area contributed by atoms with E-state index in [1.165, 1.54) is 7.11 Å². The minimum Gasteiger partial charge on any atom is -0.495 e. The molecule has 0 heterocycles. The van der Waals surface area contributed by atoms with Crippen LogP contribution in [-0.4, -0.2) is 18.3 Å². The summed E-state index contributed by atoms with van der Waals surface area (Å²) in [5.74, 6) is 0.409. The zero-order chi connectivity index (χ0) is 12.1. The summed E-state index contributed by atoms with van der Waals surface area (Å²) < 4.78 is 5.11. The lowest BCUT2D eigenvalue weighted by Crippen LogP contribution is -2.24. The Morgan fingerprint density at radius 2 is 2.31 bits per heavy atom. The molecule has 84 valence electrons. The molecule has 1 unspecified atom stereocenters. The highest BCUT2D eigenvalue weighted by Gasteiger charge is 2.15. The SMILES string of the molecule is COc1c(C#N)cccc1C(C)NC(=O)O. The van der Waals surface area contributed by atoms with E-state index in [-0.39, 0.29) is 0 Å². The Kier molecular flexibility index (Phi) is 3.72. The number of hydrogen-bond acceptors (Lipinski definition) is 3. The fourth-order valence-corrected chi connectivity index (χ4v) is 1.47. The van der Waals surface area contributed by atoms with Gasteiger partial charge in [-0.3, -0.25) is 0 Å². The molecule has 2 N–H and O–H groups in total. The lowest BCUT2D eigenvalue weighted by Gasteiger charge is -2.16. The Bertz CT molecular complexity index is 437. The van der Waals surface area contributed by atoms with Gasteiger partial charge in [0.05, 0.1) is 18.7 Å². The molecule has 0 saturated carbocycles. The van der Waals surface area contributed by atoms with Crippen LogP contribution in [0.4, 0.5) is 4.79 Å². The van der Waals surface area contributed by atoms with Gasteiger partial charge in [-0.25, -0.2) is 4.79 Å². The minimum absolute atomic E-state index is 0.388. The number of carboxylic acid groups (broad SMARTS) is 1. The van der Waals surface area contributed by atoms with Gasteiger partial charge in [0.1, 0.15) is 11.8 Å². The molecule has 5 nitrogen and oxygen atoms in total. The lowest BCUT2D eigenvalue weighted by molar-refractivity contribution is 0.190. The number of para-hydroxylation sites is 1. The molecule has 0 saturated heterocycles. The second kappa shape index (κ2) is 5.03. The summed E-state index contributed by atoms with van der Waals surface area (Å²) in [6, 6.07) is 6.60. The molecule has 5 heteroatoms. The normalized spacial score (nSPS) is 11.3. The van der Waals surface area contributed by atoms with Gasteiger partial charge in [0.15, 0.2) is 0 Å². The lowest BCUT2D eigenvalue weighted by atomic mass is 10.0. The molecule has 16 heavy (non-hydrogen) atoms. The smallest absolute Gasteiger partial charge is 0.405 e. The van der Waals surface area contributed by atoms with Crippen LogP contribution in [0.1, 0.15) is 24.1 Å². The summed E-state index contributed by atoms with van der Waals surface area (Å²) in [7, 11) is 1.45. The molecule has 0 spiro atoms. The number of ether oxygens (including phenoxy) is 1. The molecule has 1 rings (SSSR count). The number of nitriles is 1. The third-order valence-electron chi connectivity index (χ3n) is 2.18. The van der Waals surface area contributed by atoms with Crippen LogP contribution in [0.5, 0.6) is 5.75 Å². The number of nitrogens with one attached hydrogen (secondary N) is 1. The van der Waals surface area contributed by atoms with E-state index in [1.807, 2.05) is 6.07 Å². The van der Waals surface area contributed by atoms with Crippen LogP contribution in [0.2, 0.25) is 0 Å². The predicted molar refractivity (Wildman–Crippen MR) is 57.3 cm³/mol. The number of benzene rings is 1. The van der Waals surface area contributed by atoms with Gasteiger partial charge in [-0.15, -0.1) is 0 Å². The van der Waals surface area contributed by atoms with Crippen molar-refractivity contribution in [2.45, 2.75) is 13.0 Å². The summed E-state index contributed by atoms with van der Waals surface area (Å²) in [6.45, 7) is 1.69. The number of hydrogen-bond donors (Lipinski definition) is 2. The third-order valence-corrected chi connectivity index (χ3v) is 2.18. The zero-order valence-electron chi connectivity index (χ0n) is 9.02. The average Bonchev–Trinajstić information content (AvgIpc) is 2.26. The Morgan fingerprint density at radius 1 is 1.62 bits per heavy atom. The van der Waals surface area contributed by atoms with Gasteiger partial charge in [0, 0.05) is 5.56 Å². The highest BCUT2D eigenvalue weighted by atomic mass is 16.5. The maximum absolute atomic E-state index is 10.5. The molecule has 1 atom stereocenters. The van der Waals surface area contributed by atoms with Crippen LogP contribution in [0.3, 0.4) is 0 Å². The number of methoxy groups -OCH3 is 1. The van der Waals surface area contributed by atoms with Crippen molar-refractivity contribution in [3.8, 4) is 11.8 Å². The first-order valence-electron chi connectivity index (χ1n) is 4.66. The quantitative estimate of drug-likeness (QED) is 0.814. The van der Waals surface area contributed by atoms with Crippen molar-refractivity contribution in [1.82, 2.24) is 5.32 Å². The van der Waals surface area contributed by atoms with Crippen molar-refractivity contribution in [2.24, 2.45) is 0 Å². The second-order valence-electron chi connectivity index (χ2n) is 3.21. The van der Waals surface area contributed by atoms with E-state index in [0.29, 0.717) is 16.9 Å².